The van der Waals surface area contributed by atoms with Crippen LogP contribution in [0.2, 0.25) is 5.02 Å². The van der Waals surface area contributed by atoms with Crippen molar-refractivity contribution in [2.24, 2.45) is 5.73 Å². The van der Waals surface area contributed by atoms with E-state index in [-0.39, 0.29) is 12.3 Å². The maximum absolute atomic E-state index is 11.1. The Labute approximate surface area is 131 Å². The molecular weight excluding hydrogens is 340 g/mol. The highest BCUT2D eigenvalue weighted by molar-refractivity contribution is 9.10. The number of nitrogens with two attached hydrogens (primary N) is 1. The molecule has 2 aromatic carbocycles. The minimum Gasteiger partial charge on any atom is -0.381 e. The topological polar surface area (TPSA) is 55.1 Å². The average molecular weight is 354 g/mol. The van der Waals surface area contributed by atoms with Crippen LogP contribution >= 0.6 is 27.5 Å². The van der Waals surface area contributed by atoms with Crippen LogP contribution in [0.4, 0.5) is 5.69 Å². The third kappa shape index (κ3) is 3.99. The average Bonchev–Trinajstić information content (AvgIpc) is 2.41. The van der Waals surface area contributed by atoms with Gasteiger partial charge in [-0.2, -0.15) is 0 Å². The summed E-state index contributed by atoms with van der Waals surface area (Å²) in [6.45, 7) is 0.644. The fourth-order valence-corrected chi connectivity index (χ4v) is 2.43. The van der Waals surface area contributed by atoms with E-state index < -0.39 is 0 Å². The maximum atomic E-state index is 11.1. The van der Waals surface area contributed by atoms with E-state index >= 15 is 0 Å². The number of hydrogen-bond acceptors (Lipinski definition) is 2. The van der Waals surface area contributed by atoms with Crippen molar-refractivity contribution in [3.8, 4) is 0 Å². The SMILES string of the molecule is NC(=O)Cc1ccccc1NCc1ccc(Cl)c(Br)c1. The van der Waals surface area contributed by atoms with Gasteiger partial charge in [0.25, 0.3) is 0 Å². The number of halogens is 2. The molecule has 0 heterocycles. The molecule has 3 N–H and O–H groups in total. The molecule has 0 aliphatic heterocycles. The van der Waals surface area contributed by atoms with Gasteiger partial charge in [-0.15, -0.1) is 0 Å². The van der Waals surface area contributed by atoms with Gasteiger partial charge in [0.1, 0.15) is 0 Å². The number of para-hydroxylation sites is 1. The van der Waals surface area contributed by atoms with Gasteiger partial charge >= 0.3 is 0 Å². The highest BCUT2D eigenvalue weighted by Crippen LogP contribution is 2.24. The fraction of sp³-hybridized carbons (Fsp3) is 0.133. The summed E-state index contributed by atoms with van der Waals surface area (Å²) < 4.78 is 0.865. The molecule has 0 saturated carbocycles. The summed E-state index contributed by atoms with van der Waals surface area (Å²) in [5.41, 5.74) is 8.15. The first-order valence-corrected chi connectivity index (χ1v) is 7.27. The van der Waals surface area contributed by atoms with Crippen LogP contribution in [0.5, 0.6) is 0 Å². The molecule has 0 aromatic heterocycles. The van der Waals surface area contributed by atoms with Gasteiger partial charge in [0.15, 0.2) is 0 Å². The fourth-order valence-electron chi connectivity index (χ4n) is 1.88. The lowest BCUT2D eigenvalue weighted by molar-refractivity contribution is -0.117. The Kier molecular flexibility index (Phi) is 5.04. The number of hydrogen-bond donors (Lipinski definition) is 2. The minimum atomic E-state index is -0.339. The molecule has 0 aliphatic carbocycles. The van der Waals surface area contributed by atoms with Crippen LogP contribution in [0.3, 0.4) is 0 Å². The zero-order valence-electron chi connectivity index (χ0n) is 10.7. The minimum absolute atomic E-state index is 0.230. The van der Waals surface area contributed by atoms with Crippen LogP contribution < -0.4 is 11.1 Å². The van der Waals surface area contributed by atoms with Crippen molar-refractivity contribution >= 4 is 39.1 Å². The normalized spacial score (nSPS) is 10.3. The summed E-state index contributed by atoms with van der Waals surface area (Å²) in [5.74, 6) is -0.339. The number of benzene rings is 2. The monoisotopic (exact) mass is 352 g/mol. The molecule has 0 unspecified atom stereocenters. The molecule has 104 valence electrons. The summed E-state index contributed by atoms with van der Waals surface area (Å²) in [6, 6.07) is 13.4. The van der Waals surface area contributed by atoms with Crippen LogP contribution in [0, 0.1) is 0 Å². The van der Waals surface area contributed by atoms with E-state index in [1.807, 2.05) is 42.5 Å². The lowest BCUT2D eigenvalue weighted by Gasteiger charge is -2.11. The summed E-state index contributed by atoms with van der Waals surface area (Å²) in [5, 5.41) is 3.99. The van der Waals surface area contributed by atoms with Crippen molar-refractivity contribution < 1.29 is 4.79 Å². The third-order valence-electron chi connectivity index (χ3n) is 2.85. The third-order valence-corrected chi connectivity index (χ3v) is 4.06. The number of primary amides is 1. The predicted molar refractivity (Wildman–Crippen MR) is 85.8 cm³/mol. The van der Waals surface area contributed by atoms with E-state index in [1.54, 1.807) is 0 Å². The van der Waals surface area contributed by atoms with Crippen molar-refractivity contribution in [3.05, 3.63) is 63.1 Å². The van der Waals surface area contributed by atoms with Crippen molar-refractivity contribution in [3.63, 3.8) is 0 Å². The molecule has 0 bridgehead atoms. The summed E-state index contributed by atoms with van der Waals surface area (Å²) in [6.07, 6.45) is 0.230. The second kappa shape index (κ2) is 6.77. The predicted octanol–water partition coefficient (Wildman–Crippen LogP) is 3.74. The number of amides is 1. The summed E-state index contributed by atoms with van der Waals surface area (Å²) >= 11 is 9.36. The first-order valence-electron chi connectivity index (χ1n) is 6.10. The first-order chi connectivity index (χ1) is 9.56. The summed E-state index contributed by atoms with van der Waals surface area (Å²) in [7, 11) is 0. The Morgan fingerprint density at radius 2 is 2.00 bits per heavy atom. The van der Waals surface area contributed by atoms with E-state index in [2.05, 4.69) is 21.2 Å². The molecule has 20 heavy (non-hydrogen) atoms. The van der Waals surface area contributed by atoms with Gasteiger partial charge in [-0.1, -0.05) is 35.9 Å². The zero-order chi connectivity index (χ0) is 14.5. The highest BCUT2D eigenvalue weighted by atomic mass is 79.9. The molecule has 0 spiro atoms. The molecule has 2 aromatic rings. The number of rotatable bonds is 5. The Hall–Kier alpha value is -1.52. The quantitative estimate of drug-likeness (QED) is 0.860. The molecule has 1 amide bonds. The van der Waals surface area contributed by atoms with E-state index in [1.165, 1.54) is 0 Å². The Morgan fingerprint density at radius 3 is 2.70 bits per heavy atom. The van der Waals surface area contributed by atoms with E-state index in [0.717, 1.165) is 21.3 Å². The van der Waals surface area contributed by atoms with Gasteiger partial charge in [-0.25, -0.2) is 0 Å². The van der Waals surface area contributed by atoms with Gasteiger partial charge in [0.05, 0.1) is 11.4 Å². The van der Waals surface area contributed by atoms with Crippen LogP contribution in [0.1, 0.15) is 11.1 Å². The lowest BCUT2D eigenvalue weighted by atomic mass is 10.1. The standard InChI is InChI=1S/C15H14BrClN2O/c16-12-7-10(5-6-13(12)17)9-19-14-4-2-1-3-11(14)8-15(18)20/h1-7,19H,8-9H2,(H2,18,20). The second-order valence-electron chi connectivity index (χ2n) is 4.40. The van der Waals surface area contributed by atoms with Gasteiger partial charge < -0.3 is 11.1 Å². The van der Waals surface area contributed by atoms with Crippen LogP contribution in [-0.2, 0) is 17.8 Å². The van der Waals surface area contributed by atoms with Gasteiger partial charge in [0, 0.05) is 16.7 Å². The first kappa shape index (κ1) is 14.9. The van der Waals surface area contributed by atoms with Crippen molar-refractivity contribution in [1.29, 1.82) is 0 Å². The van der Waals surface area contributed by atoms with E-state index in [0.29, 0.717) is 11.6 Å². The highest BCUT2D eigenvalue weighted by Gasteiger charge is 2.05. The zero-order valence-corrected chi connectivity index (χ0v) is 13.0. The molecule has 0 atom stereocenters. The molecule has 2 rings (SSSR count). The van der Waals surface area contributed by atoms with Crippen LogP contribution in [0.25, 0.3) is 0 Å². The second-order valence-corrected chi connectivity index (χ2v) is 5.66. The van der Waals surface area contributed by atoms with Crippen molar-refractivity contribution in [2.75, 3.05) is 5.32 Å². The largest absolute Gasteiger partial charge is 0.381 e. The van der Waals surface area contributed by atoms with Gasteiger partial charge in [-0.05, 0) is 45.3 Å². The molecule has 0 saturated heterocycles. The maximum Gasteiger partial charge on any atom is 0.221 e. The Morgan fingerprint density at radius 1 is 1.25 bits per heavy atom. The van der Waals surface area contributed by atoms with Crippen molar-refractivity contribution in [2.45, 2.75) is 13.0 Å². The molecule has 0 radical (unpaired) electrons. The number of anilines is 1. The Bertz CT molecular complexity index is 631. The summed E-state index contributed by atoms with van der Waals surface area (Å²) in [4.78, 5) is 11.1. The number of carbonyl (C=O) groups excluding carboxylic acids is 1. The van der Waals surface area contributed by atoms with E-state index in [4.69, 9.17) is 17.3 Å². The molecular formula is C15H14BrClN2O. The number of nitrogens with one attached hydrogen (secondary N) is 1. The molecule has 3 nitrogen and oxygen atoms in total. The van der Waals surface area contributed by atoms with Gasteiger partial charge in [0.2, 0.25) is 5.91 Å². The van der Waals surface area contributed by atoms with Gasteiger partial charge in [-0.3, -0.25) is 4.79 Å². The van der Waals surface area contributed by atoms with Crippen LogP contribution in [-0.4, -0.2) is 5.91 Å². The smallest absolute Gasteiger partial charge is 0.221 e. The Balaban J connectivity index is 2.10. The number of carbonyl (C=O) groups is 1. The molecule has 5 heteroatoms. The van der Waals surface area contributed by atoms with Crippen molar-refractivity contribution in [1.82, 2.24) is 0 Å². The molecule has 0 aliphatic rings. The lowest BCUT2D eigenvalue weighted by Crippen LogP contribution is -2.15. The van der Waals surface area contributed by atoms with E-state index in [9.17, 15) is 4.79 Å². The molecule has 0 fully saturated rings. The van der Waals surface area contributed by atoms with Crippen LogP contribution in [0.15, 0.2) is 46.9 Å².